The van der Waals surface area contributed by atoms with E-state index in [9.17, 15) is 0 Å². The van der Waals surface area contributed by atoms with Crippen molar-refractivity contribution in [1.82, 2.24) is 5.32 Å². The third-order valence-electron chi connectivity index (χ3n) is 5.64. The summed E-state index contributed by atoms with van der Waals surface area (Å²) in [5.41, 5.74) is 8.12. The van der Waals surface area contributed by atoms with E-state index in [1.54, 1.807) is 0 Å². The van der Waals surface area contributed by atoms with E-state index < -0.39 is 0 Å². The Kier molecular flexibility index (Phi) is 7.90. The fourth-order valence-corrected chi connectivity index (χ4v) is 3.88. The SMILES string of the molecule is CC(C)=CCCC(C)=CCCC(C)=CCC1=c2ccccc2=C2C=CC=CC=C2N1. The molecule has 2 aliphatic rings. The molecule has 1 aromatic carbocycles. The monoisotopic (exact) mass is 397 g/mol. The van der Waals surface area contributed by atoms with Gasteiger partial charge in [0.15, 0.2) is 0 Å². The van der Waals surface area contributed by atoms with Crippen LogP contribution in [-0.2, 0) is 0 Å². The lowest BCUT2D eigenvalue weighted by atomic mass is 9.99. The maximum absolute atomic E-state index is 3.69. The Balaban J connectivity index is 1.69. The molecule has 1 heterocycles. The first kappa shape index (κ1) is 21.9. The standard InChI is InChI=1S/C29H35N/c1-22(2)12-10-13-23(3)14-11-15-24(4)20-21-29-27-18-9-8-16-25(27)26-17-6-5-7-19-28(26)30-29/h5-9,12,14,16-20,30H,10-11,13,15,21H2,1-4H3. The highest BCUT2D eigenvalue weighted by Gasteiger charge is 2.13. The fraction of sp³-hybridized carbons (Fsp3) is 0.310. The van der Waals surface area contributed by atoms with Crippen molar-refractivity contribution in [3.05, 3.63) is 106 Å². The quantitative estimate of drug-likeness (QED) is 0.503. The van der Waals surface area contributed by atoms with Gasteiger partial charge in [0.1, 0.15) is 0 Å². The first-order valence-corrected chi connectivity index (χ1v) is 11.1. The minimum absolute atomic E-state index is 0.935. The van der Waals surface area contributed by atoms with E-state index in [4.69, 9.17) is 0 Å². The molecule has 0 aromatic heterocycles. The highest BCUT2D eigenvalue weighted by molar-refractivity contribution is 5.78. The lowest BCUT2D eigenvalue weighted by Gasteiger charge is -2.20. The minimum Gasteiger partial charge on any atom is -0.358 e. The second kappa shape index (κ2) is 10.8. The topological polar surface area (TPSA) is 12.0 Å². The first-order valence-electron chi connectivity index (χ1n) is 11.1. The molecule has 0 fully saturated rings. The summed E-state index contributed by atoms with van der Waals surface area (Å²) in [6, 6.07) is 8.73. The minimum atomic E-state index is 0.935. The van der Waals surface area contributed by atoms with E-state index >= 15 is 0 Å². The molecule has 0 atom stereocenters. The van der Waals surface area contributed by atoms with E-state index in [1.807, 2.05) is 0 Å². The molecular weight excluding hydrogens is 362 g/mol. The summed E-state index contributed by atoms with van der Waals surface area (Å²) in [6.07, 6.45) is 23.3. The molecule has 1 nitrogen and oxygen atoms in total. The number of hydrogen-bond acceptors (Lipinski definition) is 1. The van der Waals surface area contributed by atoms with Crippen molar-refractivity contribution >= 4 is 11.3 Å². The average Bonchev–Trinajstić information content (AvgIpc) is 2.97. The molecule has 156 valence electrons. The molecule has 30 heavy (non-hydrogen) atoms. The summed E-state index contributed by atoms with van der Waals surface area (Å²) in [5.74, 6) is 0. The van der Waals surface area contributed by atoms with Crippen LogP contribution in [0.4, 0.5) is 0 Å². The highest BCUT2D eigenvalue weighted by Crippen LogP contribution is 2.18. The summed E-state index contributed by atoms with van der Waals surface area (Å²) >= 11 is 0. The summed E-state index contributed by atoms with van der Waals surface area (Å²) in [6.45, 7) is 8.86. The Labute approximate surface area is 182 Å². The zero-order valence-corrected chi connectivity index (χ0v) is 19.0. The Hall–Kier alpha value is -2.80. The summed E-state index contributed by atoms with van der Waals surface area (Å²) in [4.78, 5) is 0. The molecule has 0 radical (unpaired) electrons. The zero-order chi connectivity index (χ0) is 21.3. The fourth-order valence-electron chi connectivity index (χ4n) is 3.88. The first-order chi connectivity index (χ1) is 14.5. The van der Waals surface area contributed by atoms with Crippen molar-refractivity contribution in [3.8, 4) is 0 Å². The lowest BCUT2D eigenvalue weighted by molar-refractivity contribution is 0.913. The van der Waals surface area contributed by atoms with Gasteiger partial charge in [-0.1, -0.05) is 83.5 Å². The van der Waals surface area contributed by atoms with Gasteiger partial charge in [-0.2, -0.15) is 0 Å². The Morgan fingerprint density at radius 2 is 1.50 bits per heavy atom. The van der Waals surface area contributed by atoms with Gasteiger partial charge in [-0.15, -0.1) is 0 Å². The molecule has 0 amide bonds. The number of hydrogen-bond donors (Lipinski definition) is 1. The maximum Gasteiger partial charge on any atom is 0.0461 e. The van der Waals surface area contributed by atoms with Gasteiger partial charge in [0.05, 0.1) is 0 Å². The van der Waals surface area contributed by atoms with Crippen LogP contribution in [-0.4, -0.2) is 0 Å². The molecule has 0 unspecified atom stereocenters. The number of allylic oxidation sites excluding steroid dienone is 10. The molecule has 0 bridgehead atoms. The second-order valence-corrected chi connectivity index (χ2v) is 8.55. The van der Waals surface area contributed by atoms with Crippen LogP contribution in [0, 0.1) is 0 Å². The van der Waals surface area contributed by atoms with Gasteiger partial charge in [0.2, 0.25) is 0 Å². The maximum atomic E-state index is 3.69. The van der Waals surface area contributed by atoms with Crippen LogP contribution in [0.2, 0.25) is 0 Å². The predicted octanol–water partition coefficient (Wildman–Crippen LogP) is 6.37. The van der Waals surface area contributed by atoms with Crippen LogP contribution >= 0.6 is 0 Å². The average molecular weight is 398 g/mol. The van der Waals surface area contributed by atoms with Gasteiger partial charge in [-0.25, -0.2) is 0 Å². The number of rotatable bonds is 8. The van der Waals surface area contributed by atoms with Gasteiger partial charge in [0, 0.05) is 28.6 Å². The van der Waals surface area contributed by atoms with E-state index in [0.717, 1.165) is 25.7 Å². The van der Waals surface area contributed by atoms with Gasteiger partial charge in [-0.3, -0.25) is 0 Å². The number of benzene rings is 1. The predicted molar refractivity (Wildman–Crippen MR) is 132 cm³/mol. The van der Waals surface area contributed by atoms with Gasteiger partial charge >= 0.3 is 0 Å². The van der Waals surface area contributed by atoms with Crippen LogP contribution in [0.15, 0.2) is 95.3 Å². The molecule has 0 spiro atoms. The zero-order valence-electron chi connectivity index (χ0n) is 19.0. The Bertz CT molecular complexity index is 1060. The normalized spacial score (nSPS) is 15.8. The smallest absolute Gasteiger partial charge is 0.0461 e. The van der Waals surface area contributed by atoms with E-state index in [1.165, 1.54) is 50.5 Å². The Morgan fingerprint density at radius 1 is 0.800 bits per heavy atom. The van der Waals surface area contributed by atoms with E-state index in [0.29, 0.717) is 0 Å². The van der Waals surface area contributed by atoms with Crippen molar-refractivity contribution in [3.63, 3.8) is 0 Å². The lowest BCUT2D eigenvalue weighted by Crippen LogP contribution is -2.38. The molecule has 3 rings (SSSR count). The molecule has 1 aromatic rings. The third kappa shape index (κ3) is 6.10. The number of fused-ring (bicyclic) bond motifs is 2. The van der Waals surface area contributed by atoms with Crippen LogP contribution < -0.4 is 15.8 Å². The number of nitrogens with one attached hydrogen (secondary N) is 1. The van der Waals surface area contributed by atoms with Crippen molar-refractivity contribution < 1.29 is 0 Å². The molecule has 1 heteroatoms. The summed E-state index contributed by atoms with van der Waals surface area (Å²) in [7, 11) is 0. The molecule has 0 saturated carbocycles. The van der Waals surface area contributed by atoms with Crippen LogP contribution in [0.25, 0.3) is 11.3 Å². The molecule has 1 N–H and O–H groups in total. The van der Waals surface area contributed by atoms with Crippen molar-refractivity contribution in [2.75, 3.05) is 0 Å². The van der Waals surface area contributed by atoms with Crippen LogP contribution in [0.1, 0.15) is 59.8 Å². The van der Waals surface area contributed by atoms with Gasteiger partial charge in [-0.05, 0) is 64.7 Å². The molecule has 1 aliphatic heterocycles. The van der Waals surface area contributed by atoms with Gasteiger partial charge < -0.3 is 5.32 Å². The summed E-state index contributed by atoms with van der Waals surface area (Å²) in [5, 5.41) is 6.32. The van der Waals surface area contributed by atoms with Crippen LogP contribution in [0.3, 0.4) is 0 Å². The second-order valence-electron chi connectivity index (χ2n) is 8.55. The highest BCUT2D eigenvalue weighted by atomic mass is 14.9. The van der Waals surface area contributed by atoms with E-state index in [-0.39, 0.29) is 0 Å². The molecule has 1 aliphatic carbocycles. The molecule has 0 saturated heterocycles. The van der Waals surface area contributed by atoms with Crippen LogP contribution in [0.5, 0.6) is 0 Å². The van der Waals surface area contributed by atoms with Gasteiger partial charge in [0.25, 0.3) is 0 Å². The largest absolute Gasteiger partial charge is 0.358 e. The molecular formula is C29H35N. The summed E-state index contributed by atoms with van der Waals surface area (Å²) < 4.78 is 0. The van der Waals surface area contributed by atoms with Crippen molar-refractivity contribution in [2.24, 2.45) is 0 Å². The van der Waals surface area contributed by atoms with Crippen molar-refractivity contribution in [1.29, 1.82) is 0 Å². The third-order valence-corrected chi connectivity index (χ3v) is 5.64. The van der Waals surface area contributed by atoms with Crippen molar-refractivity contribution in [2.45, 2.75) is 59.8 Å². The Morgan fingerprint density at radius 3 is 2.27 bits per heavy atom. The van der Waals surface area contributed by atoms with E-state index in [2.05, 4.69) is 106 Å².